The lowest BCUT2D eigenvalue weighted by molar-refractivity contribution is 0.0696. The smallest absolute Gasteiger partial charge is 0.335 e. The van der Waals surface area contributed by atoms with Crippen LogP contribution in [0.5, 0.6) is 5.88 Å². The molecule has 70 valence electrons. The molecule has 0 aliphatic carbocycles. The van der Waals surface area contributed by atoms with Crippen molar-refractivity contribution in [2.45, 2.75) is 5.03 Å². The quantitative estimate of drug-likeness (QED) is 0.748. The fourth-order valence-electron chi connectivity index (χ4n) is 0.813. The van der Waals surface area contributed by atoms with Crippen LogP contribution in [0.25, 0.3) is 0 Å². The van der Waals surface area contributed by atoms with Crippen LogP contribution in [-0.4, -0.2) is 29.4 Å². The minimum absolute atomic E-state index is 0.191. The number of aromatic carboxylic acids is 1. The lowest BCUT2D eigenvalue weighted by Crippen LogP contribution is -1.99. The minimum atomic E-state index is -0.976. The van der Waals surface area contributed by atoms with Crippen molar-refractivity contribution in [1.82, 2.24) is 4.98 Å². The van der Waals surface area contributed by atoms with E-state index in [0.717, 1.165) is 0 Å². The van der Waals surface area contributed by atoms with E-state index in [0.29, 0.717) is 10.9 Å². The Hall–Kier alpha value is -1.23. The molecule has 0 amide bonds. The molecule has 1 aromatic heterocycles. The molecule has 0 unspecified atom stereocenters. The number of thioether (sulfide) groups is 1. The van der Waals surface area contributed by atoms with Crippen LogP contribution >= 0.6 is 11.8 Å². The first kappa shape index (κ1) is 9.85. The molecule has 0 aromatic carbocycles. The molecule has 4 nitrogen and oxygen atoms in total. The minimum Gasteiger partial charge on any atom is -0.481 e. The van der Waals surface area contributed by atoms with Crippen LogP contribution < -0.4 is 4.74 Å². The zero-order chi connectivity index (χ0) is 9.84. The number of rotatable bonds is 3. The van der Waals surface area contributed by atoms with Crippen LogP contribution in [0, 0.1) is 0 Å². The van der Waals surface area contributed by atoms with Crippen molar-refractivity contribution in [1.29, 1.82) is 0 Å². The molecule has 0 radical (unpaired) electrons. The van der Waals surface area contributed by atoms with Gasteiger partial charge in [-0.15, -0.1) is 11.8 Å². The molecule has 0 bridgehead atoms. The fraction of sp³-hybridized carbons (Fsp3) is 0.250. The van der Waals surface area contributed by atoms with Crippen molar-refractivity contribution in [3.63, 3.8) is 0 Å². The number of ether oxygens (including phenoxy) is 1. The molecule has 0 fully saturated rings. The molecule has 5 heteroatoms. The van der Waals surface area contributed by atoms with Crippen molar-refractivity contribution < 1.29 is 14.6 Å². The molecule has 1 rings (SSSR count). The Morgan fingerprint density at radius 1 is 1.62 bits per heavy atom. The highest BCUT2D eigenvalue weighted by molar-refractivity contribution is 7.98. The maximum Gasteiger partial charge on any atom is 0.335 e. The number of carboxylic acids is 1. The SMILES string of the molecule is COc1cc(C(=O)O)cc(SC)n1. The van der Waals surface area contributed by atoms with Crippen molar-refractivity contribution in [2.24, 2.45) is 0 Å². The Morgan fingerprint density at radius 3 is 2.77 bits per heavy atom. The molecule has 0 saturated heterocycles. The molecule has 1 heterocycles. The van der Waals surface area contributed by atoms with Gasteiger partial charge in [0, 0.05) is 6.07 Å². The van der Waals surface area contributed by atoms with Crippen LogP contribution in [0.15, 0.2) is 17.2 Å². The summed E-state index contributed by atoms with van der Waals surface area (Å²) in [5.41, 5.74) is 0.191. The number of carboxylic acid groups (broad SMARTS) is 1. The standard InChI is InChI=1S/C8H9NO3S/c1-12-6-3-5(8(10)11)4-7(9-6)13-2/h3-4H,1-2H3,(H,10,11). The first-order chi connectivity index (χ1) is 6.17. The lowest BCUT2D eigenvalue weighted by Gasteiger charge is -2.02. The number of pyridine rings is 1. The summed E-state index contributed by atoms with van der Waals surface area (Å²) in [7, 11) is 1.46. The zero-order valence-corrected chi connectivity index (χ0v) is 8.09. The second-order valence-electron chi connectivity index (χ2n) is 2.25. The summed E-state index contributed by atoms with van der Waals surface area (Å²) in [6.07, 6.45) is 1.83. The molecular formula is C8H9NO3S. The molecule has 1 N–H and O–H groups in total. The van der Waals surface area contributed by atoms with Gasteiger partial charge >= 0.3 is 5.97 Å². The summed E-state index contributed by atoms with van der Waals surface area (Å²) in [4.78, 5) is 14.7. The number of methoxy groups -OCH3 is 1. The topological polar surface area (TPSA) is 59.4 Å². The number of hydrogen-bond acceptors (Lipinski definition) is 4. The van der Waals surface area contributed by atoms with E-state index in [-0.39, 0.29) is 5.56 Å². The van der Waals surface area contributed by atoms with E-state index in [4.69, 9.17) is 9.84 Å². The molecule has 0 aliphatic rings. The monoisotopic (exact) mass is 199 g/mol. The van der Waals surface area contributed by atoms with Gasteiger partial charge in [-0.1, -0.05) is 0 Å². The van der Waals surface area contributed by atoms with Crippen molar-refractivity contribution >= 4 is 17.7 Å². The third-order valence-electron chi connectivity index (χ3n) is 1.44. The predicted molar refractivity (Wildman–Crippen MR) is 49.5 cm³/mol. The normalized spacial score (nSPS) is 9.69. The van der Waals surface area contributed by atoms with Gasteiger partial charge in [0.2, 0.25) is 5.88 Å². The number of nitrogens with zero attached hydrogens (tertiary/aromatic N) is 1. The van der Waals surface area contributed by atoms with Crippen LogP contribution in [0.3, 0.4) is 0 Å². The lowest BCUT2D eigenvalue weighted by atomic mass is 10.3. The van der Waals surface area contributed by atoms with Gasteiger partial charge in [-0.05, 0) is 12.3 Å². The largest absolute Gasteiger partial charge is 0.481 e. The second kappa shape index (κ2) is 4.13. The Balaban J connectivity index is 3.14. The Bertz CT molecular complexity index is 305. The van der Waals surface area contributed by atoms with Crippen LogP contribution in [0.1, 0.15) is 10.4 Å². The van der Waals surface area contributed by atoms with Gasteiger partial charge in [-0.25, -0.2) is 9.78 Å². The molecule has 0 saturated carbocycles. The first-order valence-corrected chi connectivity index (χ1v) is 4.73. The van der Waals surface area contributed by atoms with Crippen molar-refractivity contribution in [3.8, 4) is 5.88 Å². The third kappa shape index (κ3) is 2.35. The van der Waals surface area contributed by atoms with E-state index in [1.807, 2.05) is 6.26 Å². The molecule has 0 aliphatic heterocycles. The summed E-state index contributed by atoms with van der Waals surface area (Å²) < 4.78 is 4.86. The molecular weight excluding hydrogens is 190 g/mol. The highest BCUT2D eigenvalue weighted by Crippen LogP contribution is 2.18. The van der Waals surface area contributed by atoms with Crippen LogP contribution in [-0.2, 0) is 0 Å². The van der Waals surface area contributed by atoms with Gasteiger partial charge in [-0.2, -0.15) is 0 Å². The maximum absolute atomic E-state index is 10.6. The third-order valence-corrected chi connectivity index (χ3v) is 2.07. The van der Waals surface area contributed by atoms with Crippen molar-refractivity contribution in [3.05, 3.63) is 17.7 Å². The van der Waals surface area contributed by atoms with Gasteiger partial charge < -0.3 is 9.84 Å². The highest BCUT2D eigenvalue weighted by Gasteiger charge is 2.07. The average Bonchev–Trinajstić information content (AvgIpc) is 2.16. The number of aromatic nitrogens is 1. The molecule has 0 spiro atoms. The highest BCUT2D eigenvalue weighted by atomic mass is 32.2. The van der Waals surface area contributed by atoms with E-state index < -0.39 is 5.97 Å². The summed E-state index contributed by atoms with van der Waals surface area (Å²) in [5.74, 6) is -0.653. The van der Waals surface area contributed by atoms with E-state index >= 15 is 0 Å². The Kier molecular flexibility index (Phi) is 3.13. The second-order valence-corrected chi connectivity index (χ2v) is 3.07. The van der Waals surface area contributed by atoms with Gasteiger partial charge in [0.15, 0.2) is 0 Å². The van der Waals surface area contributed by atoms with E-state index in [1.165, 1.54) is 31.0 Å². The summed E-state index contributed by atoms with van der Waals surface area (Å²) in [6, 6.07) is 2.90. The van der Waals surface area contributed by atoms with Crippen molar-refractivity contribution in [2.75, 3.05) is 13.4 Å². The van der Waals surface area contributed by atoms with Crippen LogP contribution in [0.2, 0.25) is 0 Å². The summed E-state index contributed by atoms with van der Waals surface area (Å²) in [6.45, 7) is 0. The Labute approximate surface area is 79.9 Å². The maximum atomic E-state index is 10.6. The number of hydrogen-bond donors (Lipinski definition) is 1. The van der Waals surface area contributed by atoms with Gasteiger partial charge in [0.25, 0.3) is 0 Å². The van der Waals surface area contributed by atoms with Gasteiger partial charge in [0.1, 0.15) is 5.03 Å². The van der Waals surface area contributed by atoms with Gasteiger partial charge in [0.05, 0.1) is 12.7 Å². The van der Waals surface area contributed by atoms with E-state index in [1.54, 1.807) is 0 Å². The molecule has 0 atom stereocenters. The summed E-state index contributed by atoms with van der Waals surface area (Å²) >= 11 is 1.38. The fourth-order valence-corrected chi connectivity index (χ4v) is 1.24. The zero-order valence-electron chi connectivity index (χ0n) is 7.27. The first-order valence-electron chi connectivity index (χ1n) is 3.50. The number of carbonyl (C=O) groups is 1. The summed E-state index contributed by atoms with van der Waals surface area (Å²) in [5, 5.41) is 9.37. The molecule has 1 aromatic rings. The molecule has 13 heavy (non-hydrogen) atoms. The van der Waals surface area contributed by atoms with E-state index in [2.05, 4.69) is 4.98 Å². The van der Waals surface area contributed by atoms with Gasteiger partial charge in [-0.3, -0.25) is 0 Å². The Morgan fingerprint density at radius 2 is 2.31 bits per heavy atom. The van der Waals surface area contributed by atoms with E-state index in [9.17, 15) is 4.79 Å². The predicted octanol–water partition coefficient (Wildman–Crippen LogP) is 1.51. The average molecular weight is 199 g/mol. The van der Waals surface area contributed by atoms with Crippen LogP contribution in [0.4, 0.5) is 0 Å².